The van der Waals surface area contributed by atoms with E-state index in [0.717, 1.165) is 11.1 Å². The van der Waals surface area contributed by atoms with Gasteiger partial charge in [0.15, 0.2) is 0 Å². The van der Waals surface area contributed by atoms with Gasteiger partial charge in [-0.3, -0.25) is 0 Å². The summed E-state index contributed by atoms with van der Waals surface area (Å²) in [7, 11) is 0. The van der Waals surface area contributed by atoms with E-state index in [1.807, 2.05) is 104 Å². The standard InChI is InChI=1S/2C15H20N2O2/c2*1-10-5-7-11(8-6-10)14-17-16-13(19-14)9-12(18)15(2,3)4/h2*5-8,12,18H,9H2,1-4H3/t2*12-/m10/s1. The van der Waals surface area contributed by atoms with Gasteiger partial charge in [0.25, 0.3) is 0 Å². The molecule has 2 aromatic carbocycles. The third-order valence-electron chi connectivity index (χ3n) is 6.27. The largest absolute Gasteiger partial charge is 0.421 e. The van der Waals surface area contributed by atoms with Gasteiger partial charge in [-0.1, -0.05) is 76.9 Å². The molecule has 0 aliphatic heterocycles. The van der Waals surface area contributed by atoms with Crippen molar-refractivity contribution in [2.24, 2.45) is 10.8 Å². The fourth-order valence-corrected chi connectivity index (χ4v) is 3.24. The van der Waals surface area contributed by atoms with Crippen LogP contribution in [0.5, 0.6) is 0 Å². The van der Waals surface area contributed by atoms with E-state index in [9.17, 15) is 10.2 Å². The van der Waals surface area contributed by atoms with Crippen molar-refractivity contribution in [3.63, 3.8) is 0 Å². The number of aliphatic hydroxyl groups excluding tert-OH is 2. The molecule has 2 heterocycles. The van der Waals surface area contributed by atoms with E-state index >= 15 is 0 Å². The molecular weight excluding hydrogens is 480 g/mol. The molecule has 0 saturated carbocycles. The fourth-order valence-electron chi connectivity index (χ4n) is 3.24. The van der Waals surface area contributed by atoms with E-state index in [4.69, 9.17) is 8.83 Å². The van der Waals surface area contributed by atoms with Crippen LogP contribution in [0.2, 0.25) is 0 Å². The van der Waals surface area contributed by atoms with Crippen molar-refractivity contribution in [1.29, 1.82) is 0 Å². The minimum Gasteiger partial charge on any atom is -0.421 e. The maximum atomic E-state index is 10.0. The highest BCUT2D eigenvalue weighted by Gasteiger charge is 2.25. The Hall–Kier alpha value is -3.36. The van der Waals surface area contributed by atoms with Gasteiger partial charge in [0, 0.05) is 11.1 Å². The van der Waals surface area contributed by atoms with Gasteiger partial charge < -0.3 is 19.0 Å². The molecule has 8 nitrogen and oxygen atoms in total. The van der Waals surface area contributed by atoms with Crippen molar-refractivity contribution in [2.45, 2.75) is 80.4 Å². The molecule has 8 heteroatoms. The van der Waals surface area contributed by atoms with E-state index < -0.39 is 12.2 Å². The zero-order chi connectivity index (χ0) is 28.1. The minimum absolute atomic E-state index is 0.196. The van der Waals surface area contributed by atoms with Gasteiger partial charge in [-0.15, -0.1) is 20.4 Å². The van der Waals surface area contributed by atoms with Gasteiger partial charge in [0.05, 0.1) is 25.0 Å². The van der Waals surface area contributed by atoms with Gasteiger partial charge in [-0.25, -0.2) is 0 Å². The van der Waals surface area contributed by atoms with E-state index in [-0.39, 0.29) is 10.8 Å². The number of aryl methyl sites for hydroxylation is 2. The zero-order valence-electron chi connectivity index (χ0n) is 23.7. The van der Waals surface area contributed by atoms with Crippen molar-refractivity contribution in [3.8, 4) is 22.9 Å². The van der Waals surface area contributed by atoms with Gasteiger partial charge in [0.1, 0.15) is 0 Å². The molecule has 38 heavy (non-hydrogen) atoms. The first-order valence-electron chi connectivity index (χ1n) is 12.9. The number of hydrogen-bond donors (Lipinski definition) is 2. The second-order valence-corrected chi connectivity index (χ2v) is 11.9. The maximum Gasteiger partial charge on any atom is 0.247 e. The molecule has 2 atom stereocenters. The summed E-state index contributed by atoms with van der Waals surface area (Å²) in [5, 5.41) is 36.1. The first-order valence-corrected chi connectivity index (χ1v) is 12.9. The number of aromatic nitrogens is 4. The van der Waals surface area contributed by atoms with Crippen molar-refractivity contribution < 1.29 is 19.0 Å². The Kier molecular flexibility index (Phi) is 9.22. The number of benzene rings is 2. The van der Waals surface area contributed by atoms with Gasteiger partial charge in [-0.2, -0.15) is 0 Å². The van der Waals surface area contributed by atoms with Crippen molar-refractivity contribution in [1.82, 2.24) is 20.4 Å². The Morgan fingerprint density at radius 3 is 1.18 bits per heavy atom. The Morgan fingerprint density at radius 2 is 0.895 bits per heavy atom. The van der Waals surface area contributed by atoms with Crippen LogP contribution in [0, 0.1) is 24.7 Å². The molecule has 0 bridgehead atoms. The molecule has 0 aliphatic rings. The molecule has 0 aliphatic carbocycles. The van der Waals surface area contributed by atoms with Crippen LogP contribution in [0.1, 0.15) is 64.5 Å². The summed E-state index contributed by atoms with van der Waals surface area (Å²) in [4.78, 5) is 0. The summed E-state index contributed by atoms with van der Waals surface area (Å²) in [5.41, 5.74) is 3.78. The average molecular weight is 521 g/mol. The molecule has 0 spiro atoms. The van der Waals surface area contributed by atoms with E-state index in [2.05, 4.69) is 20.4 Å². The zero-order valence-corrected chi connectivity index (χ0v) is 23.7. The lowest BCUT2D eigenvalue weighted by atomic mass is 9.87. The summed E-state index contributed by atoms with van der Waals surface area (Å²) in [6.07, 6.45) is -0.248. The van der Waals surface area contributed by atoms with Gasteiger partial charge >= 0.3 is 0 Å². The molecule has 204 valence electrons. The Labute approximate surface area is 225 Å². The molecule has 4 aromatic rings. The second kappa shape index (κ2) is 12.0. The lowest BCUT2D eigenvalue weighted by Crippen LogP contribution is -2.28. The lowest BCUT2D eigenvalue weighted by Gasteiger charge is -2.24. The lowest BCUT2D eigenvalue weighted by molar-refractivity contribution is 0.0579. The Balaban J connectivity index is 0.000000211. The van der Waals surface area contributed by atoms with Crippen LogP contribution in [0.25, 0.3) is 22.9 Å². The summed E-state index contributed by atoms with van der Waals surface area (Å²) in [5.74, 6) is 1.93. The predicted molar refractivity (Wildman–Crippen MR) is 147 cm³/mol. The van der Waals surface area contributed by atoms with Crippen LogP contribution in [0.3, 0.4) is 0 Å². The Morgan fingerprint density at radius 1 is 0.579 bits per heavy atom. The summed E-state index contributed by atoms with van der Waals surface area (Å²) in [6, 6.07) is 15.8. The van der Waals surface area contributed by atoms with Crippen molar-refractivity contribution in [3.05, 3.63) is 71.4 Å². The van der Waals surface area contributed by atoms with Crippen LogP contribution in [0.4, 0.5) is 0 Å². The fraction of sp³-hybridized carbons (Fsp3) is 0.467. The second-order valence-electron chi connectivity index (χ2n) is 11.9. The van der Waals surface area contributed by atoms with E-state index in [0.29, 0.717) is 36.4 Å². The highest BCUT2D eigenvalue weighted by molar-refractivity contribution is 5.53. The third-order valence-corrected chi connectivity index (χ3v) is 6.27. The van der Waals surface area contributed by atoms with Crippen molar-refractivity contribution in [2.75, 3.05) is 0 Å². The number of rotatable bonds is 6. The van der Waals surface area contributed by atoms with Gasteiger partial charge in [0.2, 0.25) is 23.6 Å². The van der Waals surface area contributed by atoms with Gasteiger partial charge in [-0.05, 0) is 48.9 Å². The highest BCUT2D eigenvalue weighted by Crippen LogP contribution is 2.25. The topological polar surface area (TPSA) is 118 Å². The van der Waals surface area contributed by atoms with E-state index in [1.165, 1.54) is 11.1 Å². The molecular formula is C30H40N4O4. The number of aliphatic hydroxyl groups is 2. The van der Waals surface area contributed by atoms with E-state index in [1.54, 1.807) is 0 Å². The molecule has 0 radical (unpaired) electrons. The summed E-state index contributed by atoms with van der Waals surface area (Å²) >= 11 is 0. The molecule has 0 fully saturated rings. The molecule has 4 rings (SSSR count). The van der Waals surface area contributed by atoms with Crippen LogP contribution in [-0.2, 0) is 12.8 Å². The third kappa shape index (κ3) is 8.33. The van der Waals surface area contributed by atoms with Crippen LogP contribution < -0.4 is 0 Å². The summed E-state index contributed by atoms with van der Waals surface area (Å²) < 4.78 is 11.2. The first kappa shape index (κ1) is 29.2. The maximum absolute atomic E-state index is 10.0. The quantitative estimate of drug-likeness (QED) is 0.318. The molecule has 0 amide bonds. The van der Waals surface area contributed by atoms with Crippen LogP contribution >= 0.6 is 0 Å². The van der Waals surface area contributed by atoms with Crippen molar-refractivity contribution >= 4 is 0 Å². The monoisotopic (exact) mass is 520 g/mol. The van der Waals surface area contributed by atoms with Crippen LogP contribution in [0.15, 0.2) is 57.4 Å². The molecule has 0 saturated heterocycles. The minimum atomic E-state index is -0.501. The summed E-state index contributed by atoms with van der Waals surface area (Å²) in [6.45, 7) is 15.9. The normalized spacial score (nSPS) is 13.5. The predicted octanol–water partition coefficient (Wildman–Crippen LogP) is 5.99. The molecule has 2 N–H and O–H groups in total. The Bertz CT molecular complexity index is 1180. The molecule has 2 aromatic heterocycles. The highest BCUT2D eigenvalue weighted by atomic mass is 16.4. The SMILES string of the molecule is Cc1ccc(-c2nnc(C[C@@H](O)C(C)(C)C)o2)cc1.Cc1ccc(-c2nnc(C[C@H](O)C(C)(C)C)o2)cc1. The molecule has 0 unspecified atom stereocenters. The first-order chi connectivity index (χ1) is 17.7. The smallest absolute Gasteiger partial charge is 0.247 e. The average Bonchev–Trinajstić information content (AvgIpc) is 3.49. The number of hydrogen-bond acceptors (Lipinski definition) is 8. The number of nitrogens with zero attached hydrogens (tertiary/aromatic N) is 4. The van der Waals surface area contributed by atoms with Crippen LogP contribution in [-0.4, -0.2) is 42.8 Å².